The molecule has 6 heavy (non-hydrogen) atoms. The summed E-state index contributed by atoms with van der Waals surface area (Å²) in [5, 5.41) is 0. The molecule has 0 heterocycles. The third-order valence-corrected chi connectivity index (χ3v) is 0. The largest absolute Gasteiger partial charge is 1.00 e. The van der Waals surface area contributed by atoms with Gasteiger partial charge in [0.25, 0.3) is 0 Å². The first-order chi connectivity index (χ1) is 2.00. The summed E-state index contributed by atoms with van der Waals surface area (Å²) in [5.41, 5.74) is 0. The molecule has 0 aromatic carbocycles. The molecule has 0 radical (unpaired) electrons. The third-order valence-electron chi connectivity index (χ3n) is 0. The topological polar surface area (TPSA) is 77.8 Å². The Labute approximate surface area is 80.2 Å². The average molecular weight is 139 g/mol. The Kier molecular flexibility index (Phi) is 6.61. The van der Waals surface area contributed by atoms with E-state index in [1.807, 2.05) is 0 Å². The standard InChI is InChI=1S/K.H3O4P.H/c;1-5(2,3)4;/h;(H3,1,2,3,4);/q+1;;-1/p+1. The minimum absolute atomic E-state index is 0. The Morgan fingerprint density at radius 2 is 1.50 bits per heavy atom. The van der Waals surface area contributed by atoms with Crippen molar-refractivity contribution in [3.63, 3.8) is 0 Å². The van der Waals surface area contributed by atoms with Crippen LogP contribution < -0.4 is 51.4 Å². The van der Waals surface area contributed by atoms with Crippen molar-refractivity contribution in [2.75, 3.05) is 0 Å². The van der Waals surface area contributed by atoms with Gasteiger partial charge in [0.1, 0.15) is 0 Å². The molecule has 0 bridgehead atoms. The Balaban J connectivity index is -0.0000000267. The molecule has 0 aromatic heterocycles. The molecule has 0 aromatic rings. The molecule has 4 nitrogen and oxygen atoms in total. The molecule has 0 spiro atoms. The van der Waals surface area contributed by atoms with E-state index in [9.17, 15) is 0 Å². The molecule has 0 rings (SSSR count). The maximum Gasteiger partial charge on any atom is 1.00 e. The van der Waals surface area contributed by atoms with Gasteiger partial charge in [0.05, 0.1) is 0 Å². The smallest absolute Gasteiger partial charge is 1.00 e. The summed E-state index contributed by atoms with van der Waals surface area (Å²) in [6.45, 7) is 0. The summed E-state index contributed by atoms with van der Waals surface area (Å²) in [6, 6.07) is 0. The summed E-state index contributed by atoms with van der Waals surface area (Å²) in [6.07, 6.45) is 0. The van der Waals surface area contributed by atoms with Crippen LogP contribution in [0.2, 0.25) is 0 Å². The predicted octanol–water partition coefficient (Wildman–Crippen LogP) is -3.70. The van der Waals surface area contributed by atoms with Crippen LogP contribution in [0.3, 0.4) is 0 Å². The van der Waals surface area contributed by atoms with Crippen molar-refractivity contribution in [3.05, 3.63) is 0 Å². The zero-order valence-electron chi connectivity index (χ0n) is 5.20. The van der Waals surface area contributed by atoms with Crippen molar-refractivity contribution in [3.8, 4) is 0 Å². The van der Waals surface area contributed by atoms with Crippen LogP contribution in [0.1, 0.15) is 2.85 Å². The fourth-order valence-electron chi connectivity index (χ4n) is 0. The fourth-order valence-corrected chi connectivity index (χ4v) is 0. The van der Waals surface area contributed by atoms with Crippen molar-refractivity contribution in [2.24, 2.45) is 0 Å². The van der Waals surface area contributed by atoms with E-state index in [0.29, 0.717) is 0 Å². The second-order valence-electron chi connectivity index (χ2n) is 0.513. The average Bonchev–Trinajstić information content (AvgIpc) is 0.722. The summed E-state index contributed by atoms with van der Waals surface area (Å²) >= 11 is 0. The quantitative estimate of drug-likeness (QED) is 0.238. The van der Waals surface area contributed by atoms with Crippen molar-refractivity contribution >= 4 is 7.82 Å². The zero-order chi connectivity index (χ0) is 4.50. The molecule has 0 saturated carbocycles. The van der Waals surface area contributed by atoms with Crippen molar-refractivity contribution in [1.82, 2.24) is 0 Å². The molecule has 0 amide bonds. The molecule has 0 saturated heterocycles. The number of rotatable bonds is 0. The first kappa shape index (κ1) is 10.7. The van der Waals surface area contributed by atoms with E-state index in [1.54, 1.807) is 0 Å². The van der Waals surface area contributed by atoms with Crippen LogP contribution in [0.25, 0.3) is 0 Å². The maximum atomic E-state index is 8.88. The molecule has 6 heteroatoms. The molecule has 0 unspecified atom stereocenters. The molecular weight excluding hydrogens is 134 g/mol. The Morgan fingerprint density at radius 3 is 1.50 bits per heavy atom. The van der Waals surface area contributed by atoms with Gasteiger partial charge in [0.15, 0.2) is 0 Å². The van der Waals surface area contributed by atoms with E-state index in [0.717, 1.165) is 0 Å². The van der Waals surface area contributed by atoms with Crippen molar-refractivity contribution in [2.45, 2.75) is 0 Å². The molecule has 0 fully saturated rings. The van der Waals surface area contributed by atoms with Crippen LogP contribution in [0, 0.1) is 0 Å². The molecule has 0 aliphatic rings. The molecule has 0 atom stereocenters. The van der Waals surface area contributed by atoms with Crippen LogP contribution in [0.5, 0.6) is 0 Å². The summed E-state index contributed by atoms with van der Waals surface area (Å²) < 4.78 is 8.88. The molecule has 34 valence electrons. The van der Waals surface area contributed by atoms with Gasteiger partial charge < -0.3 is 16.1 Å². The molecule has 0 aliphatic carbocycles. The maximum absolute atomic E-state index is 8.88. The fraction of sp³-hybridized carbons (Fsp3) is 0. The normalized spacial score (nSPS) is 9.83. The Morgan fingerprint density at radius 1 is 1.50 bits per heavy atom. The van der Waals surface area contributed by atoms with Crippen LogP contribution in [0.4, 0.5) is 0 Å². The van der Waals surface area contributed by atoms with Crippen LogP contribution >= 0.6 is 7.82 Å². The van der Waals surface area contributed by atoms with E-state index in [4.69, 9.17) is 19.2 Å². The van der Waals surface area contributed by atoms with Gasteiger partial charge in [-0.05, 0) is 0 Å². The van der Waals surface area contributed by atoms with Gasteiger partial charge in [-0.2, -0.15) is 0 Å². The van der Waals surface area contributed by atoms with Gasteiger partial charge in [0.2, 0.25) is 0 Å². The SMILES string of the molecule is O=P(O)(O)O.[H+].[H-].[K+]. The second kappa shape index (κ2) is 3.71. The van der Waals surface area contributed by atoms with Gasteiger partial charge >= 0.3 is 60.6 Å². The monoisotopic (exact) mass is 139 g/mol. The van der Waals surface area contributed by atoms with Crippen LogP contribution in [-0.2, 0) is 4.57 Å². The van der Waals surface area contributed by atoms with Crippen LogP contribution in [0.15, 0.2) is 0 Å². The predicted molar refractivity (Wildman–Crippen MR) is 16.5 cm³/mol. The van der Waals surface area contributed by atoms with E-state index in [2.05, 4.69) is 0 Å². The van der Waals surface area contributed by atoms with E-state index < -0.39 is 7.82 Å². The molecular formula is H5KO4P+. The third kappa shape index (κ3) is 42.4. The van der Waals surface area contributed by atoms with Gasteiger partial charge in [-0.3, -0.25) is 0 Å². The Hall–Kier alpha value is 1.75. The molecule has 0 aliphatic heterocycles. The zero-order valence-corrected chi connectivity index (χ0v) is 7.21. The summed E-state index contributed by atoms with van der Waals surface area (Å²) in [7, 11) is -4.64. The number of hydrogen-bond acceptors (Lipinski definition) is 1. The first-order valence-electron chi connectivity index (χ1n) is 0.783. The van der Waals surface area contributed by atoms with E-state index in [-0.39, 0.29) is 54.2 Å². The van der Waals surface area contributed by atoms with E-state index in [1.165, 1.54) is 0 Å². The van der Waals surface area contributed by atoms with Gasteiger partial charge in [0, 0.05) is 0 Å². The minimum atomic E-state index is -4.64. The van der Waals surface area contributed by atoms with Crippen LogP contribution in [-0.4, -0.2) is 14.7 Å². The minimum Gasteiger partial charge on any atom is -1.00 e. The van der Waals surface area contributed by atoms with Crippen molar-refractivity contribution < 1.29 is 73.5 Å². The van der Waals surface area contributed by atoms with Gasteiger partial charge in [-0.1, -0.05) is 0 Å². The van der Waals surface area contributed by atoms with Gasteiger partial charge in [-0.15, -0.1) is 0 Å². The Bertz CT molecular complexity index is 60.2. The summed E-state index contributed by atoms with van der Waals surface area (Å²) in [4.78, 5) is 21.6. The van der Waals surface area contributed by atoms with Gasteiger partial charge in [-0.25, -0.2) is 4.57 Å². The number of phosphoric acid groups is 1. The molecule has 3 N–H and O–H groups in total. The number of hydrogen-bond donors (Lipinski definition) is 3. The summed E-state index contributed by atoms with van der Waals surface area (Å²) in [5.74, 6) is 0. The second-order valence-corrected chi connectivity index (χ2v) is 1.54. The van der Waals surface area contributed by atoms with Crippen molar-refractivity contribution in [1.29, 1.82) is 0 Å². The first-order valence-corrected chi connectivity index (χ1v) is 2.35. The van der Waals surface area contributed by atoms with E-state index >= 15 is 0 Å².